The molecule has 2 aromatic carbocycles. The van der Waals surface area contributed by atoms with Crippen LogP contribution in [-0.2, 0) is 9.47 Å². The first kappa shape index (κ1) is 33.8. The summed E-state index contributed by atoms with van der Waals surface area (Å²) in [4.78, 5) is 13.7. The van der Waals surface area contributed by atoms with Gasteiger partial charge in [0.25, 0.3) is 0 Å². The lowest BCUT2D eigenvalue weighted by Crippen LogP contribution is -2.57. The summed E-state index contributed by atoms with van der Waals surface area (Å²) in [6, 6.07) is 11.4. The molecule has 3 aliphatic heterocycles. The van der Waals surface area contributed by atoms with Crippen LogP contribution >= 0.6 is 11.6 Å². The Morgan fingerprint density at radius 3 is 2.51 bits per heavy atom. The van der Waals surface area contributed by atoms with E-state index in [0.29, 0.717) is 35.6 Å². The van der Waals surface area contributed by atoms with Crippen molar-refractivity contribution >= 4 is 40.4 Å². The maximum atomic E-state index is 17.0. The molecule has 47 heavy (non-hydrogen) atoms. The number of hydrogen-bond donors (Lipinski definition) is 2. The Bertz CT molecular complexity index is 1640. The van der Waals surface area contributed by atoms with Gasteiger partial charge in [-0.2, -0.15) is 0 Å². The van der Waals surface area contributed by atoms with Crippen molar-refractivity contribution in [1.82, 2.24) is 15.1 Å². The number of aromatic hydroxyl groups is 1. The molecule has 4 aliphatic rings. The zero-order chi connectivity index (χ0) is 33.5. The lowest BCUT2D eigenvalue weighted by molar-refractivity contribution is -0.182. The smallest absolute Gasteiger partial charge is 0.158 e. The Labute approximate surface area is 282 Å². The van der Waals surface area contributed by atoms with Gasteiger partial charge in [0.1, 0.15) is 24.0 Å². The molecule has 2 bridgehead atoms. The second-order valence-electron chi connectivity index (χ2n) is 14.7. The molecule has 2 aromatic rings. The van der Waals surface area contributed by atoms with Gasteiger partial charge >= 0.3 is 0 Å². The quantitative estimate of drug-likeness (QED) is 0.231. The van der Waals surface area contributed by atoms with Gasteiger partial charge < -0.3 is 24.8 Å². The predicted octanol–water partition coefficient (Wildman–Crippen LogP) is 6.65. The highest BCUT2D eigenvalue weighted by atomic mass is 35.5. The highest BCUT2D eigenvalue weighted by Crippen LogP contribution is 2.42. The minimum absolute atomic E-state index is 0.0254. The zero-order valence-corrected chi connectivity index (χ0v) is 28.9. The number of hydrogen-bond acceptors (Lipinski definition) is 8. The number of likely N-dealkylation sites (tertiary alicyclic amines) is 1. The molecule has 3 unspecified atom stereocenters. The summed E-state index contributed by atoms with van der Waals surface area (Å²) >= 11 is 6.92. The highest BCUT2D eigenvalue weighted by Gasteiger charge is 2.39. The molecule has 8 nitrogen and oxygen atoms in total. The van der Waals surface area contributed by atoms with Crippen LogP contribution in [0.4, 0.5) is 4.39 Å². The van der Waals surface area contributed by atoms with E-state index in [-0.39, 0.29) is 45.9 Å². The molecule has 6 rings (SSSR count). The number of phenolic OH excluding ortho intramolecular Hbond substituents is 1. The van der Waals surface area contributed by atoms with Crippen LogP contribution < -0.4 is 5.32 Å². The van der Waals surface area contributed by atoms with Crippen LogP contribution in [0.2, 0.25) is 0 Å². The highest BCUT2D eigenvalue weighted by molar-refractivity contribution is 6.41. The molecule has 10 heteroatoms. The minimum atomic E-state index is -0.586. The van der Waals surface area contributed by atoms with Crippen molar-refractivity contribution in [3.05, 3.63) is 70.3 Å². The second-order valence-corrected chi connectivity index (χ2v) is 15.1. The van der Waals surface area contributed by atoms with Gasteiger partial charge in [-0.05, 0) is 87.7 Å². The van der Waals surface area contributed by atoms with Crippen LogP contribution in [0.25, 0.3) is 16.3 Å². The minimum Gasteiger partial charge on any atom is -0.508 e. The average Bonchev–Trinajstić information content (AvgIpc) is 3.32. The number of phenols is 1. The molecule has 0 amide bonds. The third kappa shape index (κ3) is 7.50. The standard InChI is InChI=1S/C37H47ClFN5O3/c1-23(16-43-20-36(2,3)47-37(4,5)21-43)19-46-22-41-34-30(35(40-6)44-17-25-11-12-26(18-44)42-25)15-31(38)32(33(34)39)29-14-27(45)13-24-9-7-8-10-28(24)29/h7-10,13-15,23,25-26,42,45H,6,11-12,16-22H2,1-5H3/b35-30+,41-34+. The maximum Gasteiger partial charge on any atom is 0.158 e. The number of rotatable bonds is 9. The summed E-state index contributed by atoms with van der Waals surface area (Å²) < 4.78 is 29.3. The summed E-state index contributed by atoms with van der Waals surface area (Å²) in [5.41, 5.74) is 0.814. The number of ether oxygens (including phenoxy) is 2. The summed E-state index contributed by atoms with van der Waals surface area (Å²) in [6.07, 6.45) is 3.91. The van der Waals surface area contributed by atoms with Gasteiger partial charge in [-0.15, -0.1) is 0 Å². The van der Waals surface area contributed by atoms with Crippen LogP contribution in [-0.4, -0.2) is 96.7 Å². The Balaban J connectivity index is 1.30. The fraction of sp³-hybridized carbons (Fsp3) is 0.514. The molecule has 3 atom stereocenters. The van der Waals surface area contributed by atoms with E-state index in [4.69, 9.17) is 26.1 Å². The molecule has 3 heterocycles. The normalized spacial score (nSPS) is 26.9. The number of aliphatic imine (C=N–C) groups is 2. The number of halogens is 2. The van der Waals surface area contributed by atoms with Crippen molar-refractivity contribution in [1.29, 1.82) is 0 Å². The van der Waals surface area contributed by atoms with Gasteiger partial charge in [0, 0.05) is 56.0 Å². The van der Waals surface area contributed by atoms with Crippen molar-refractivity contribution in [2.24, 2.45) is 15.9 Å². The topological polar surface area (TPSA) is 81.9 Å². The molecule has 0 radical (unpaired) electrons. The summed E-state index contributed by atoms with van der Waals surface area (Å²) in [6.45, 7) is 19.0. The molecule has 0 aromatic heterocycles. The van der Waals surface area contributed by atoms with E-state index in [0.717, 1.165) is 56.3 Å². The molecule has 3 saturated heterocycles. The van der Waals surface area contributed by atoms with Crippen molar-refractivity contribution in [3.8, 4) is 5.75 Å². The van der Waals surface area contributed by atoms with Crippen LogP contribution in [0.15, 0.2) is 74.7 Å². The van der Waals surface area contributed by atoms with E-state index in [2.05, 4.69) is 61.4 Å². The summed E-state index contributed by atoms with van der Waals surface area (Å²) in [5, 5.41) is 16.0. The lowest BCUT2D eigenvalue weighted by Gasteiger charge is -2.47. The molecule has 2 N–H and O–H groups in total. The van der Waals surface area contributed by atoms with E-state index >= 15 is 4.39 Å². The Kier molecular flexibility index (Phi) is 9.67. The van der Waals surface area contributed by atoms with Gasteiger partial charge in [-0.3, -0.25) is 9.89 Å². The number of nitrogens with one attached hydrogen (secondary N) is 1. The van der Waals surface area contributed by atoms with Crippen LogP contribution in [0.5, 0.6) is 5.75 Å². The molecule has 0 spiro atoms. The lowest BCUT2D eigenvalue weighted by atomic mass is 9.90. The SMILES string of the molecule is C=N/C(=C1/C=C(Cl)C(c2cc(O)cc3ccccc23)=C(F)/C1=N/COCC(C)CN1CC(C)(C)OC(C)(C)C1)N1CC2CCC(C1)N2. The maximum absolute atomic E-state index is 17.0. The summed E-state index contributed by atoms with van der Waals surface area (Å²) in [7, 11) is 0. The third-order valence-electron chi connectivity index (χ3n) is 9.26. The number of benzene rings is 2. The molecule has 0 saturated carbocycles. The van der Waals surface area contributed by atoms with E-state index in [1.807, 2.05) is 24.3 Å². The first-order chi connectivity index (χ1) is 22.3. The van der Waals surface area contributed by atoms with Crippen LogP contribution in [0.1, 0.15) is 53.0 Å². The number of fused-ring (bicyclic) bond motifs is 3. The number of nitrogens with zero attached hydrogens (tertiary/aromatic N) is 4. The van der Waals surface area contributed by atoms with E-state index in [1.165, 1.54) is 0 Å². The van der Waals surface area contributed by atoms with Gasteiger partial charge in [0.05, 0.1) is 22.8 Å². The van der Waals surface area contributed by atoms with Gasteiger partial charge in [-0.25, -0.2) is 9.38 Å². The van der Waals surface area contributed by atoms with Crippen LogP contribution in [0.3, 0.4) is 0 Å². The van der Waals surface area contributed by atoms with Gasteiger partial charge in [0.15, 0.2) is 5.83 Å². The van der Waals surface area contributed by atoms with Crippen molar-refractivity contribution in [2.45, 2.75) is 70.7 Å². The fourth-order valence-electron chi connectivity index (χ4n) is 7.94. The average molecular weight is 664 g/mol. The number of allylic oxidation sites excluding steroid dienone is 5. The number of piperazine rings is 1. The van der Waals surface area contributed by atoms with E-state index in [1.54, 1.807) is 18.2 Å². The number of morpholine rings is 1. The van der Waals surface area contributed by atoms with Crippen molar-refractivity contribution < 1.29 is 19.0 Å². The van der Waals surface area contributed by atoms with Crippen molar-refractivity contribution in [3.63, 3.8) is 0 Å². The largest absolute Gasteiger partial charge is 0.508 e. The molecular formula is C37H47ClFN5O3. The fourth-order valence-corrected chi connectivity index (χ4v) is 8.23. The Hall–Kier alpha value is -3.08. The molecular weight excluding hydrogens is 617 g/mol. The predicted molar refractivity (Wildman–Crippen MR) is 189 cm³/mol. The Morgan fingerprint density at radius 2 is 1.83 bits per heavy atom. The summed E-state index contributed by atoms with van der Waals surface area (Å²) in [5.74, 6) is 0.225. The van der Waals surface area contributed by atoms with E-state index in [9.17, 15) is 5.11 Å². The third-order valence-corrected chi connectivity index (χ3v) is 9.56. The van der Waals surface area contributed by atoms with Crippen LogP contribution in [0, 0.1) is 5.92 Å². The molecule has 252 valence electrons. The molecule has 1 aliphatic carbocycles. The Morgan fingerprint density at radius 1 is 1.15 bits per heavy atom. The van der Waals surface area contributed by atoms with E-state index < -0.39 is 5.83 Å². The first-order valence-electron chi connectivity index (χ1n) is 16.6. The molecule has 3 fully saturated rings. The van der Waals surface area contributed by atoms with Crippen molar-refractivity contribution in [2.75, 3.05) is 46.1 Å². The monoisotopic (exact) mass is 663 g/mol. The zero-order valence-electron chi connectivity index (χ0n) is 28.2. The van der Waals surface area contributed by atoms with Gasteiger partial charge in [0.2, 0.25) is 0 Å². The first-order valence-corrected chi connectivity index (χ1v) is 17.0. The van der Waals surface area contributed by atoms with Gasteiger partial charge in [-0.1, -0.05) is 42.8 Å². The second kappa shape index (κ2) is 13.4.